The summed E-state index contributed by atoms with van der Waals surface area (Å²) in [6.45, 7) is 9.73. The van der Waals surface area contributed by atoms with E-state index < -0.39 is 0 Å². The number of rotatable bonds is 3. The van der Waals surface area contributed by atoms with E-state index in [9.17, 15) is 0 Å². The van der Waals surface area contributed by atoms with E-state index in [0.29, 0.717) is 5.41 Å². The van der Waals surface area contributed by atoms with Crippen molar-refractivity contribution in [3.63, 3.8) is 0 Å². The predicted octanol–water partition coefficient (Wildman–Crippen LogP) is 4.14. The largest absolute Gasteiger partial charge is 0.369 e. The van der Waals surface area contributed by atoms with Crippen LogP contribution in [0.3, 0.4) is 0 Å². The van der Waals surface area contributed by atoms with Crippen LogP contribution in [0.5, 0.6) is 0 Å². The van der Waals surface area contributed by atoms with E-state index in [1.165, 1.54) is 19.3 Å². The fraction of sp³-hybridized carbons (Fsp3) is 0.714. The molecule has 100 valence electrons. The van der Waals surface area contributed by atoms with Crippen molar-refractivity contribution >= 4 is 21.7 Å². The van der Waals surface area contributed by atoms with Crippen LogP contribution < -0.4 is 5.32 Å². The van der Waals surface area contributed by atoms with Crippen LogP contribution in [0.4, 0.5) is 5.82 Å². The first-order valence-electron chi connectivity index (χ1n) is 6.57. The summed E-state index contributed by atoms with van der Waals surface area (Å²) in [5, 5.41) is 3.46. The van der Waals surface area contributed by atoms with Crippen LogP contribution in [0.2, 0.25) is 0 Å². The minimum atomic E-state index is -0.0272. The third kappa shape index (κ3) is 3.22. The summed E-state index contributed by atoms with van der Waals surface area (Å²) < 4.78 is 0.851. The molecular formula is C14H22BrN3. The molecule has 0 aromatic carbocycles. The van der Waals surface area contributed by atoms with Crippen LogP contribution in [-0.2, 0) is 5.41 Å². The second-order valence-corrected chi connectivity index (χ2v) is 7.48. The van der Waals surface area contributed by atoms with E-state index in [1.807, 2.05) is 6.07 Å². The van der Waals surface area contributed by atoms with Gasteiger partial charge < -0.3 is 5.32 Å². The fourth-order valence-corrected chi connectivity index (χ4v) is 2.49. The SMILES string of the molecule is CC1(CNc2cc(Br)nc(C(C)(C)C)n2)CCC1. The molecule has 1 heterocycles. The zero-order chi connectivity index (χ0) is 13.4. The second kappa shape index (κ2) is 4.80. The van der Waals surface area contributed by atoms with Gasteiger partial charge in [-0.15, -0.1) is 0 Å². The summed E-state index contributed by atoms with van der Waals surface area (Å²) in [6, 6.07) is 1.96. The van der Waals surface area contributed by atoms with Gasteiger partial charge >= 0.3 is 0 Å². The van der Waals surface area contributed by atoms with E-state index in [2.05, 4.69) is 58.9 Å². The van der Waals surface area contributed by atoms with Crippen molar-refractivity contribution in [2.75, 3.05) is 11.9 Å². The third-order valence-electron chi connectivity index (χ3n) is 3.62. The Bertz CT molecular complexity index is 433. The van der Waals surface area contributed by atoms with E-state index in [0.717, 1.165) is 22.8 Å². The molecule has 1 aromatic heterocycles. The van der Waals surface area contributed by atoms with Gasteiger partial charge in [0.05, 0.1) is 0 Å². The lowest BCUT2D eigenvalue weighted by atomic mass is 9.70. The molecule has 1 aliphatic rings. The Morgan fingerprint density at radius 1 is 1.33 bits per heavy atom. The number of hydrogen-bond donors (Lipinski definition) is 1. The highest BCUT2D eigenvalue weighted by atomic mass is 79.9. The van der Waals surface area contributed by atoms with Crippen molar-refractivity contribution in [1.29, 1.82) is 0 Å². The van der Waals surface area contributed by atoms with Gasteiger partial charge in [0, 0.05) is 18.0 Å². The van der Waals surface area contributed by atoms with Gasteiger partial charge in [0.2, 0.25) is 0 Å². The first-order chi connectivity index (χ1) is 8.28. The van der Waals surface area contributed by atoms with Crippen molar-refractivity contribution in [3.05, 3.63) is 16.5 Å². The zero-order valence-corrected chi connectivity index (χ0v) is 13.3. The first-order valence-corrected chi connectivity index (χ1v) is 7.37. The highest BCUT2D eigenvalue weighted by Crippen LogP contribution is 2.40. The molecule has 3 nitrogen and oxygen atoms in total. The average molecular weight is 312 g/mol. The number of hydrogen-bond acceptors (Lipinski definition) is 3. The van der Waals surface area contributed by atoms with Crippen molar-refractivity contribution in [3.8, 4) is 0 Å². The lowest BCUT2D eigenvalue weighted by molar-refractivity contribution is 0.180. The maximum absolute atomic E-state index is 4.61. The van der Waals surface area contributed by atoms with Gasteiger partial charge in [-0.25, -0.2) is 9.97 Å². The first kappa shape index (κ1) is 13.8. The monoisotopic (exact) mass is 311 g/mol. The number of aromatic nitrogens is 2. The summed E-state index contributed by atoms with van der Waals surface area (Å²) in [5.74, 6) is 1.80. The molecule has 0 aliphatic heterocycles. The molecule has 1 fully saturated rings. The summed E-state index contributed by atoms with van der Waals surface area (Å²) in [6.07, 6.45) is 4.00. The third-order valence-corrected chi connectivity index (χ3v) is 4.03. The van der Waals surface area contributed by atoms with Crippen LogP contribution >= 0.6 is 15.9 Å². The van der Waals surface area contributed by atoms with E-state index in [-0.39, 0.29) is 5.41 Å². The number of halogens is 1. The van der Waals surface area contributed by atoms with Gasteiger partial charge in [0.15, 0.2) is 0 Å². The van der Waals surface area contributed by atoms with Gasteiger partial charge in [-0.3, -0.25) is 0 Å². The highest BCUT2D eigenvalue weighted by molar-refractivity contribution is 9.10. The molecule has 18 heavy (non-hydrogen) atoms. The fourth-order valence-electron chi connectivity index (χ4n) is 2.10. The van der Waals surface area contributed by atoms with Crippen molar-refractivity contribution < 1.29 is 0 Å². The Morgan fingerprint density at radius 3 is 2.50 bits per heavy atom. The second-order valence-electron chi connectivity index (χ2n) is 6.67. The lowest BCUT2D eigenvalue weighted by Gasteiger charge is -2.38. The van der Waals surface area contributed by atoms with Crippen LogP contribution in [0, 0.1) is 5.41 Å². The van der Waals surface area contributed by atoms with E-state index in [1.54, 1.807) is 0 Å². The molecule has 0 amide bonds. The lowest BCUT2D eigenvalue weighted by Crippen LogP contribution is -2.33. The summed E-state index contributed by atoms with van der Waals surface area (Å²) >= 11 is 3.47. The summed E-state index contributed by atoms with van der Waals surface area (Å²) in [4.78, 5) is 9.06. The van der Waals surface area contributed by atoms with Gasteiger partial charge in [-0.2, -0.15) is 0 Å². The van der Waals surface area contributed by atoms with Crippen LogP contribution in [0.15, 0.2) is 10.7 Å². The minimum absolute atomic E-state index is 0.0272. The van der Waals surface area contributed by atoms with E-state index >= 15 is 0 Å². The van der Waals surface area contributed by atoms with Gasteiger partial charge in [-0.05, 0) is 34.2 Å². The van der Waals surface area contributed by atoms with Crippen LogP contribution in [0.25, 0.3) is 0 Å². The molecule has 1 saturated carbocycles. The maximum Gasteiger partial charge on any atom is 0.137 e. The number of nitrogens with one attached hydrogen (secondary N) is 1. The molecule has 0 radical (unpaired) electrons. The molecule has 4 heteroatoms. The molecule has 2 rings (SSSR count). The standard InChI is InChI=1S/C14H22BrN3/c1-13(2,3)12-17-10(15)8-11(18-12)16-9-14(4)6-5-7-14/h8H,5-7,9H2,1-4H3,(H,16,17,18). The summed E-state index contributed by atoms with van der Waals surface area (Å²) in [7, 11) is 0. The summed E-state index contributed by atoms with van der Waals surface area (Å²) in [5.41, 5.74) is 0.430. The molecule has 1 N–H and O–H groups in total. The Morgan fingerprint density at radius 2 is 2.00 bits per heavy atom. The highest BCUT2D eigenvalue weighted by Gasteiger charge is 2.31. The quantitative estimate of drug-likeness (QED) is 0.853. The molecule has 0 unspecified atom stereocenters. The topological polar surface area (TPSA) is 37.8 Å². The molecule has 1 aliphatic carbocycles. The zero-order valence-electron chi connectivity index (χ0n) is 11.7. The smallest absolute Gasteiger partial charge is 0.137 e. The normalized spacial score (nSPS) is 18.3. The number of anilines is 1. The minimum Gasteiger partial charge on any atom is -0.369 e. The predicted molar refractivity (Wildman–Crippen MR) is 78.9 cm³/mol. The number of nitrogens with zero attached hydrogens (tertiary/aromatic N) is 2. The molecular weight excluding hydrogens is 290 g/mol. The Kier molecular flexibility index (Phi) is 3.67. The maximum atomic E-state index is 4.61. The van der Waals surface area contributed by atoms with Gasteiger partial charge in [0.25, 0.3) is 0 Å². The van der Waals surface area contributed by atoms with Crippen LogP contribution in [-0.4, -0.2) is 16.5 Å². The van der Waals surface area contributed by atoms with Crippen molar-refractivity contribution in [2.45, 2.75) is 52.4 Å². The molecule has 0 bridgehead atoms. The van der Waals surface area contributed by atoms with Gasteiger partial charge in [0.1, 0.15) is 16.2 Å². The molecule has 1 aromatic rings. The molecule has 0 saturated heterocycles. The van der Waals surface area contributed by atoms with E-state index in [4.69, 9.17) is 0 Å². The van der Waals surface area contributed by atoms with Crippen molar-refractivity contribution in [1.82, 2.24) is 9.97 Å². The Hall–Kier alpha value is -0.640. The van der Waals surface area contributed by atoms with Crippen molar-refractivity contribution in [2.24, 2.45) is 5.41 Å². The van der Waals surface area contributed by atoms with Crippen LogP contribution in [0.1, 0.15) is 52.8 Å². The Balaban J connectivity index is 2.10. The molecule has 0 atom stereocenters. The average Bonchev–Trinajstić information content (AvgIpc) is 2.22. The van der Waals surface area contributed by atoms with Gasteiger partial charge in [-0.1, -0.05) is 34.1 Å². The molecule has 0 spiro atoms. The Labute approximate surface area is 118 Å².